The zero-order valence-corrected chi connectivity index (χ0v) is 14.3. The molecule has 0 atom stereocenters. The van der Waals surface area contributed by atoms with Crippen LogP contribution in [0.3, 0.4) is 0 Å². The van der Waals surface area contributed by atoms with E-state index in [2.05, 4.69) is 12.1 Å². The molecule has 1 aliphatic heterocycles. The molecule has 23 heavy (non-hydrogen) atoms. The van der Waals surface area contributed by atoms with Crippen LogP contribution in [0.25, 0.3) is 11.0 Å². The minimum atomic E-state index is 0.0897. The van der Waals surface area contributed by atoms with Crippen LogP contribution in [0.2, 0.25) is 0 Å². The van der Waals surface area contributed by atoms with Gasteiger partial charge in [-0.3, -0.25) is 0 Å². The summed E-state index contributed by atoms with van der Waals surface area (Å²) in [4.78, 5) is 0. The van der Waals surface area contributed by atoms with Gasteiger partial charge in [0.25, 0.3) is 0 Å². The van der Waals surface area contributed by atoms with Crippen molar-refractivity contribution in [3.63, 3.8) is 0 Å². The summed E-state index contributed by atoms with van der Waals surface area (Å²) >= 11 is 5.47. The summed E-state index contributed by atoms with van der Waals surface area (Å²) in [6, 6.07) is 4.44. The molecule has 1 aromatic carbocycles. The lowest BCUT2D eigenvalue weighted by Gasteiger charge is -2.41. The van der Waals surface area contributed by atoms with Crippen LogP contribution >= 0.6 is 12.2 Å². The van der Waals surface area contributed by atoms with Crippen molar-refractivity contribution >= 4 is 23.2 Å². The Bertz CT molecular complexity index is 843. The van der Waals surface area contributed by atoms with E-state index < -0.39 is 0 Å². The molecule has 120 valence electrons. The molecule has 3 heteroatoms. The normalized spacial score (nSPS) is 21.9. The van der Waals surface area contributed by atoms with E-state index in [4.69, 9.17) is 21.4 Å². The van der Waals surface area contributed by atoms with Crippen LogP contribution in [0.1, 0.15) is 61.6 Å². The van der Waals surface area contributed by atoms with Crippen molar-refractivity contribution in [3.8, 4) is 5.75 Å². The molecule has 0 radical (unpaired) electrons. The van der Waals surface area contributed by atoms with Crippen molar-refractivity contribution in [1.29, 1.82) is 0 Å². The monoisotopic (exact) mass is 326 g/mol. The Hall–Kier alpha value is -1.35. The van der Waals surface area contributed by atoms with Gasteiger partial charge in [0.15, 0.2) is 4.71 Å². The van der Waals surface area contributed by atoms with Crippen LogP contribution in [-0.2, 0) is 19.3 Å². The molecule has 2 heterocycles. The Kier molecular flexibility index (Phi) is 3.09. The summed E-state index contributed by atoms with van der Waals surface area (Å²) in [5, 5.41) is 1.27. The zero-order valence-electron chi connectivity index (χ0n) is 13.5. The second-order valence-corrected chi connectivity index (χ2v) is 7.87. The number of fused-ring (bicyclic) bond motifs is 4. The van der Waals surface area contributed by atoms with Crippen LogP contribution in [0.15, 0.2) is 16.5 Å². The fraction of sp³-hybridized carbons (Fsp3) is 0.550. The summed E-state index contributed by atoms with van der Waals surface area (Å²) in [5.41, 5.74) is 5.06. The third-order valence-electron chi connectivity index (χ3n) is 6.10. The van der Waals surface area contributed by atoms with Gasteiger partial charge in [-0.1, -0.05) is 6.42 Å². The standard InChI is InChI=1S/C20H22O2S/c23-19-15-6-4-5-14(15)16-11-13-7-10-20(8-2-1-3-9-20)22-17(13)12-18(16)21-19/h11-12H,1-10H2. The van der Waals surface area contributed by atoms with E-state index in [0.29, 0.717) is 4.71 Å². The van der Waals surface area contributed by atoms with Crippen molar-refractivity contribution in [2.75, 3.05) is 0 Å². The SMILES string of the molecule is S=c1oc2cc3c(cc2c2c1CCC2)CCC1(CCCCC1)O3. The predicted octanol–water partition coefficient (Wildman–Crippen LogP) is 5.68. The van der Waals surface area contributed by atoms with Crippen molar-refractivity contribution in [2.24, 2.45) is 0 Å². The predicted molar refractivity (Wildman–Crippen MR) is 93.8 cm³/mol. The minimum absolute atomic E-state index is 0.0897. The second kappa shape index (κ2) is 5.07. The number of aryl methyl sites for hydroxylation is 2. The summed E-state index contributed by atoms with van der Waals surface area (Å²) in [7, 11) is 0. The van der Waals surface area contributed by atoms with Gasteiger partial charge in [0.1, 0.15) is 16.9 Å². The van der Waals surface area contributed by atoms with E-state index in [1.807, 2.05) is 0 Å². The largest absolute Gasteiger partial charge is 0.487 e. The number of rotatable bonds is 0. The fourth-order valence-electron chi connectivity index (χ4n) is 4.84. The number of benzene rings is 1. The summed E-state index contributed by atoms with van der Waals surface area (Å²) in [6.07, 6.45) is 12.1. The maximum Gasteiger partial charge on any atom is 0.194 e. The molecule has 5 rings (SSSR count). The Morgan fingerprint density at radius 2 is 1.70 bits per heavy atom. The molecule has 2 nitrogen and oxygen atoms in total. The molecule has 0 amide bonds. The lowest BCUT2D eigenvalue weighted by molar-refractivity contribution is 0.0109. The molecule has 0 N–H and O–H groups in total. The highest BCUT2D eigenvalue weighted by Crippen LogP contribution is 2.44. The lowest BCUT2D eigenvalue weighted by Crippen LogP contribution is -2.41. The van der Waals surface area contributed by atoms with Gasteiger partial charge in [0.2, 0.25) is 0 Å². The molecule has 3 aliphatic rings. The second-order valence-electron chi connectivity index (χ2n) is 7.50. The maximum atomic E-state index is 6.53. The molecule has 1 aromatic heterocycles. The summed E-state index contributed by atoms with van der Waals surface area (Å²) in [6.45, 7) is 0. The van der Waals surface area contributed by atoms with Crippen LogP contribution in [0.4, 0.5) is 0 Å². The molecular weight excluding hydrogens is 304 g/mol. The van der Waals surface area contributed by atoms with Gasteiger partial charge in [0.05, 0.1) is 0 Å². The van der Waals surface area contributed by atoms with Crippen molar-refractivity contribution in [2.45, 2.75) is 69.8 Å². The van der Waals surface area contributed by atoms with Gasteiger partial charge in [-0.15, -0.1) is 0 Å². The molecule has 1 fully saturated rings. The third-order valence-corrected chi connectivity index (χ3v) is 6.43. The molecule has 2 aromatic rings. The third kappa shape index (κ3) is 2.16. The first-order chi connectivity index (χ1) is 11.2. The van der Waals surface area contributed by atoms with E-state index >= 15 is 0 Å². The first kappa shape index (κ1) is 14.0. The van der Waals surface area contributed by atoms with Crippen molar-refractivity contribution in [1.82, 2.24) is 0 Å². The molecule has 0 unspecified atom stereocenters. The molecule has 2 aliphatic carbocycles. The van der Waals surface area contributed by atoms with Crippen LogP contribution in [-0.4, -0.2) is 5.60 Å². The van der Waals surface area contributed by atoms with Gasteiger partial charge in [-0.2, -0.15) is 0 Å². The fourth-order valence-corrected chi connectivity index (χ4v) is 5.15. The number of ether oxygens (including phenoxy) is 1. The van der Waals surface area contributed by atoms with Crippen molar-refractivity contribution in [3.05, 3.63) is 33.5 Å². The van der Waals surface area contributed by atoms with Crippen molar-refractivity contribution < 1.29 is 9.15 Å². The minimum Gasteiger partial charge on any atom is -0.487 e. The average Bonchev–Trinajstić information content (AvgIpc) is 3.05. The Morgan fingerprint density at radius 1 is 0.870 bits per heavy atom. The number of hydrogen-bond donors (Lipinski definition) is 0. The highest BCUT2D eigenvalue weighted by atomic mass is 32.1. The van der Waals surface area contributed by atoms with E-state index in [1.54, 1.807) is 0 Å². The van der Waals surface area contributed by atoms with Gasteiger partial charge in [-0.05, 0) is 87.2 Å². The van der Waals surface area contributed by atoms with E-state index in [-0.39, 0.29) is 5.60 Å². The van der Waals surface area contributed by atoms with E-state index in [9.17, 15) is 0 Å². The number of hydrogen-bond acceptors (Lipinski definition) is 3. The molecule has 0 saturated heterocycles. The first-order valence-electron chi connectivity index (χ1n) is 9.05. The van der Waals surface area contributed by atoms with E-state index in [1.165, 1.54) is 67.0 Å². The van der Waals surface area contributed by atoms with Crippen LogP contribution < -0.4 is 4.74 Å². The highest BCUT2D eigenvalue weighted by Gasteiger charge is 2.37. The Labute approximate surface area is 141 Å². The highest BCUT2D eigenvalue weighted by molar-refractivity contribution is 7.71. The van der Waals surface area contributed by atoms with Gasteiger partial charge >= 0.3 is 0 Å². The molecule has 1 spiro atoms. The topological polar surface area (TPSA) is 22.4 Å². The average molecular weight is 326 g/mol. The Balaban J connectivity index is 1.64. The molecule has 1 saturated carbocycles. The molecular formula is C20H22O2S. The Morgan fingerprint density at radius 3 is 2.57 bits per heavy atom. The smallest absolute Gasteiger partial charge is 0.194 e. The van der Waals surface area contributed by atoms with Gasteiger partial charge in [-0.25, -0.2) is 0 Å². The summed E-state index contributed by atoms with van der Waals surface area (Å²) < 4.78 is 13.2. The quantitative estimate of drug-likeness (QED) is 0.582. The summed E-state index contributed by atoms with van der Waals surface area (Å²) in [5.74, 6) is 1.04. The van der Waals surface area contributed by atoms with Crippen LogP contribution in [0.5, 0.6) is 5.75 Å². The lowest BCUT2D eigenvalue weighted by atomic mass is 9.79. The molecule has 0 bridgehead atoms. The van der Waals surface area contributed by atoms with Gasteiger partial charge in [0, 0.05) is 17.0 Å². The first-order valence-corrected chi connectivity index (χ1v) is 9.45. The zero-order chi connectivity index (χ0) is 15.4. The van der Waals surface area contributed by atoms with Gasteiger partial charge < -0.3 is 9.15 Å². The van der Waals surface area contributed by atoms with Crippen LogP contribution in [0, 0.1) is 4.71 Å². The van der Waals surface area contributed by atoms with E-state index in [0.717, 1.165) is 30.6 Å². The maximum absolute atomic E-state index is 6.53.